The van der Waals surface area contributed by atoms with Crippen LogP contribution < -0.4 is 15.1 Å². The van der Waals surface area contributed by atoms with Gasteiger partial charge in [-0.3, -0.25) is 24.1 Å². The lowest BCUT2D eigenvalue weighted by Crippen LogP contribution is -2.62. The van der Waals surface area contributed by atoms with Crippen molar-refractivity contribution in [1.82, 2.24) is 15.1 Å². The summed E-state index contributed by atoms with van der Waals surface area (Å²) in [6, 6.07) is 17.2. The Morgan fingerprint density at radius 1 is 0.944 bits per heavy atom. The topological polar surface area (TPSA) is 93.3 Å². The Kier molecular flexibility index (Phi) is 6.38. The SMILES string of the molecule is CC12CCC(=O)N1c1ccccc1C(=O)N2CCC(=O)NCC(=O)N1CCN(c2ccccc2)CC1. The van der Waals surface area contributed by atoms with E-state index >= 15 is 0 Å². The van der Waals surface area contributed by atoms with Gasteiger partial charge in [0.2, 0.25) is 17.7 Å². The lowest BCUT2D eigenvalue weighted by atomic mass is 9.98. The first-order chi connectivity index (χ1) is 17.4. The van der Waals surface area contributed by atoms with Gasteiger partial charge in [0.1, 0.15) is 5.66 Å². The quantitative estimate of drug-likeness (QED) is 0.669. The number of hydrogen-bond acceptors (Lipinski definition) is 5. The van der Waals surface area contributed by atoms with Crippen LogP contribution in [0.2, 0.25) is 0 Å². The Balaban J connectivity index is 1.14. The second-order valence-corrected chi connectivity index (χ2v) is 9.65. The molecule has 4 amide bonds. The van der Waals surface area contributed by atoms with Crippen molar-refractivity contribution in [1.29, 1.82) is 0 Å². The molecule has 9 nitrogen and oxygen atoms in total. The summed E-state index contributed by atoms with van der Waals surface area (Å²) >= 11 is 0. The molecule has 1 atom stereocenters. The average Bonchev–Trinajstić information content (AvgIpc) is 3.22. The van der Waals surface area contributed by atoms with Crippen molar-refractivity contribution < 1.29 is 19.2 Å². The third kappa shape index (κ3) is 4.29. The fraction of sp³-hybridized carbons (Fsp3) is 0.407. The van der Waals surface area contributed by atoms with Crippen molar-refractivity contribution in [3.05, 3.63) is 60.2 Å². The molecule has 3 aliphatic heterocycles. The third-order valence-electron chi connectivity index (χ3n) is 7.50. The van der Waals surface area contributed by atoms with Gasteiger partial charge in [-0.25, -0.2) is 0 Å². The van der Waals surface area contributed by atoms with Crippen LogP contribution in [-0.4, -0.2) is 78.4 Å². The van der Waals surface area contributed by atoms with Gasteiger partial charge in [-0.05, 0) is 37.6 Å². The number of nitrogens with one attached hydrogen (secondary N) is 1. The molecule has 1 unspecified atom stereocenters. The average molecular weight is 490 g/mol. The summed E-state index contributed by atoms with van der Waals surface area (Å²) in [5.74, 6) is -0.611. The number of benzene rings is 2. The molecule has 2 aromatic rings. The number of carbonyl (C=O) groups is 4. The summed E-state index contributed by atoms with van der Waals surface area (Å²) < 4.78 is 0. The Morgan fingerprint density at radius 3 is 2.39 bits per heavy atom. The maximum absolute atomic E-state index is 13.3. The van der Waals surface area contributed by atoms with Crippen molar-refractivity contribution in [2.24, 2.45) is 0 Å². The zero-order valence-electron chi connectivity index (χ0n) is 20.5. The maximum Gasteiger partial charge on any atom is 0.257 e. The summed E-state index contributed by atoms with van der Waals surface area (Å²) in [5, 5.41) is 2.71. The van der Waals surface area contributed by atoms with E-state index in [-0.39, 0.29) is 43.1 Å². The molecule has 36 heavy (non-hydrogen) atoms. The van der Waals surface area contributed by atoms with Crippen molar-refractivity contribution in [3.63, 3.8) is 0 Å². The van der Waals surface area contributed by atoms with Crippen molar-refractivity contribution in [2.75, 3.05) is 49.1 Å². The summed E-state index contributed by atoms with van der Waals surface area (Å²) in [4.78, 5) is 58.6. The second-order valence-electron chi connectivity index (χ2n) is 9.65. The molecule has 1 N–H and O–H groups in total. The maximum atomic E-state index is 13.3. The van der Waals surface area contributed by atoms with E-state index in [1.54, 1.807) is 32.9 Å². The number of para-hydroxylation sites is 2. The summed E-state index contributed by atoms with van der Waals surface area (Å²) in [6.07, 6.45) is 0.925. The first-order valence-corrected chi connectivity index (χ1v) is 12.5. The van der Waals surface area contributed by atoms with Crippen LogP contribution >= 0.6 is 0 Å². The highest BCUT2D eigenvalue weighted by molar-refractivity contribution is 6.10. The van der Waals surface area contributed by atoms with E-state index in [1.165, 1.54) is 0 Å². The van der Waals surface area contributed by atoms with E-state index in [9.17, 15) is 19.2 Å². The second kappa shape index (κ2) is 9.64. The summed E-state index contributed by atoms with van der Waals surface area (Å²) in [6.45, 7) is 4.68. The van der Waals surface area contributed by atoms with E-state index in [0.717, 1.165) is 18.8 Å². The molecule has 0 radical (unpaired) electrons. The van der Waals surface area contributed by atoms with Gasteiger partial charge < -0.3 is 20.0 Å². The lowest BCUT2D eigenvalue weighted by Gasteiger charge is -2.48. The van der Waals surface area contributed by atoms with E-state index < -0.39 is 5.66 Å². The Bertz CT molecular complexity index is 1180. The zero-order chi connectivity index (χ0) is 25.3. The van der Waals surface area contributed by atoms with Crippen LogP contribution in [0.3, 0.4) is 0 Å². The molecule has 0 aromatic heterocycles. The minimum atomic E-state index is -0.795. The number of anilines is 2. The highest BCUT2D eigenvalue weighted by Crippen LogP contribution is 2.43. The molecule has 0 saturated carbocycles. The van der Waals surface area contributed by atoms with Crippen molar-refractivity contribution in [3.8, 4) is 0 Å². The fourth-order valence-electron chi connectivity index (χ4n) is 5.48. The number of hydrogen-bond donors (Lipinski definition) is 1. The number of nitrogens with zero attached hydrogens (tertiary/aromatic N) is 4. The van der Waals surface area contributed by atoms with Gasteiger partial charge in [-0.1, -0.05) is 30.3 Å². The highest BCUT2D eigenvalue weighted by atomic mass is 16.2. The fourth-order valence-corrected chi connectivity index (χ4v) is 5.48. The van der Waals surface area contributed by atoms with Crippen LogP contribution in [0.25, 0.3) is 0 Å². The largest absolute Gasteiger partial charge is 0.368 e. The molecular weight excluding hydrogens is 458 g/mol. The van der Waals surface area contributed by atoms with E-state index in [1.807, 2.05) is 31.2 Å². The Hall–Kier alpha value is -3.88. The molecular formula is C27H31N5O4. The lowest BCUT2D eigenvalue weighted by molar-refractivity contribution is -0.133. The standard InChI is InChI=1S/C27H31N5O4/c1-27-13-11-24(34)32(27)22-10-6-5-9-21(22)26(36)31(27)14-12-23(33)28-19-25(35)30-17-15-29(16-18-30)20-7-3-2-4-8-20/h2-10H,11-19H2,1H3,(H,28,33). The first kappa shape index (κ1) is 23.8. The monoisotopic (exact) mass is 489 g/mol. The van der Waals surface area contributed by atoms with Gasteiger partial charge in [0.15, 0.2) is 0 Å². The first-order valence-electron chi connectivity index (χ1n) is 12.5. The Morgan fingerprint density at radius 2 is 1.64 bits per heavy atom. The van der Waals surface area contributed by atoms with Crippen molar-refractivity contribution in [2.45, 2.75) is 31.8 Å². The van der Waals surface area contributed by atoms with Gasteiger partial charge in [0.05, 0.1) is 17.8 Å². The predicted octanol–water partition coefficient (Wildman–Crippen LogP) is 1.84. The minimum Gasteiger partial charge on any atom is -0.368 e. The van der Waals surface area contributed by atoms with Crippen LogP contribution in [0.15, 0.2) is 54.6 Å². The van der Waals surface area contributed by atoms with Gasteiger partial charge in [-0.2, -0.15) is 0 Å². The van der Waals surface area contributed by atoms with Gasteiger partial charge in [-0.15, -0.1) is 0 Å². The number of fused-ring (bicyclic) bond motifs is 3. The van der Waals surface area contributed by atoms with Gasteiger partial charge >= 0.3 is 0 Å². The van der Waals surface area contributed by atoms with Crippen LogP contribution in [0.1, 0.15) is 36.5 Å². The van der Waals surface area contributed by atoms with Crippen molar-refractivity contribution >= 4 is 35.0 Å². The molecule has 2 aromatic carbocycles. The molecule has 5 rings (SSSR count). The molecule has 0 aliphatic carbocycles. The van der Waals surface area contributed by atoms with E-state index in [2.05, 4.69) is 22.3 Å². The predicted molar refractivity (Wildman–Crippen MR) is 135 cm³/mol. The third-order valence-corrected chi connectivity index (χ3v) is 7.50. The Labute approximate surface area is 210 Å². The molecule has 0 bridgehead atoms. The molecule has 0 spiro atoms. The number of amides is 4. The van der Waals surface area contributed by atoms with Gasteiger partial charge in [0, 0.05) is 51.3 Å². The van der Waals surface area contributed by atoms with Crippen LogP contribution in [-0.2, 0) is 14.4 Å². The molecule has 3 aliphatic rings. The number of carbonyl (C=O) groups excluding carboxylic acids is 4. The van der Waals surface area contributed by atoms with Crippen LogP contribution in [0.4, 0.5) is 11.4 Å². The summed E-state index contributed by atoms with van der Waals surface area (Å²) in [5.41, 5.74) is 1.45. The molecule has 2 fully saturated rings. The smallest absolute Gasteiger partial charge is 0.257 e. The van der Waals surface area contributed by atoms with Gasteiger partial charge in [0.25, 0.3) is 5.91 Å². The van der Waals surface area contributed by atoms with E-state index in [4.69, 9.17) is 0 Å². The summed E-state index contributed by atoms with van der Waals surface area (Å²) in [7, 11) is 0. The zero-order valence-corrected chi connectivity index (χ0v) is 20.5. The molecule has 3 heterocycles. The van der Waals surface area contributed by atoms with Crippen LogP contribution in [0, 0.1) is 0 Å². The minimum absolute atomic E-state index is 0.0233. The number of piperazine rings is 1. The highest BCUT2D eigenvalue weighted by Gasteiger charge is 2.52. The normalized spacial score (nSPS) is 21.4. The molecule has 188 valence electrons. The molecule has 9 heteroatoms. The molecule has 2 saturated heterocycles. The van der Waals surface area contributed by atoms with Crippen LogP contribution in [0.5, 0.6) is 0 Å². The number of rotatable bonds is 6. The van der Waals surface area contributed by atoms with E-state index in [0.29, 0.717) is 37.2 Å².